The molecule has 0 radical (unpaired) electrons. The molecule has 0 amide bonds. The summed E-state index contributed by atoms with van der Waals surface area (Å²) in [6, 6.07) is 10.9. The average molecular weight is 275 g/mol. The van der Waals surface area contributed by atoms with Gasteiger partial charge in [0.25, 0.3) is 0 Å². The monoisotopic (exact) mass is 275 g/mol. The molecule has 0 aromatic carbocycles. The van der Waals surface area contributed by atoms with E-state index in [1.165, 1.54) is 4.88 Å². The summed E-state index contributed by atoms with van der Waals surface area (Å²) in [4.78, 5) is 8.40. The molecule has 0 aliphatic carbocycles. The van der Waals surface area contributed by atoms with Crippen LogP contribution in [0, 0.1) is 0 Å². The van der Waals surface area contributed by atoms with Gasteiger partial charge in [0.05, 0.1) is 11.4 Å². The van der Waals surface area contributed by atoms with Crippen LogP contribution in [0.1, 0.15) is 30.1 Å². The number of hydrogen-bond acceptors (Lipinski definition) is 4. The first-order chi connectivity index (χ1) is 9.19. The van der Waals surface area contributed by atoms with Crippen LogP contribution in [0.4, 0.5) is 0 Å². The molecule has 3 nitrogen and oxygen atoms in total. The molecule has 2 aromatic heterocycles. The topological polar surface area (TPSA) is 42.1 Å². The number of pyridine rings is 1. The Morgan fingerprint density at radius 1 is 1.16 bits per heavy atom. The summed E-state index contributed by atoms with van der Waals surface area (Å²) in [5.41, 5.74) is 7.69. The highest BCUT2D eigenvalue weighted by atomic mass is 32.1. The number of aromatic nitrogens is 1. The maximum absolute atomic E-state index is 5.64. The van der Waals surface area contributed by atoms with Gasteiger partial charge in [0.1, 0.15) is 0 Å². The van der Waals surface area contributed by atoms with Gasteiger partial charge in [-0.15, -0.1) is 11.3 Å². The molecule has 0 aliphatic rings. The molecule has 2 rings (SSSR count). The van der Waals surface area contributed by atoms with Gasteiger partial charge in [-0.3, -0.25) is 9.88 Å². The van der Waals surface area contributed by atoms with Crippen molar-refractivity contribution in [3.8, 4) is 0 Å². The van der Waals surface area contributed by atoms with Gasteiger partial charge in [0.2, 0.25) is 0 Å². The van der Waals surface area contributed by atoms with E-state index in [0.717, 1.165) is 24.5 Å². The standard InChI is InChI=1S/C15H21N3S/c1-12(2)18(11-15-7-4-8-19-15)10-14-6-3-5-13(9-16)17-14/h3-8,12H,9-11,16H2,1-2H3. The molecule has 0 aliphatic heterocycles. The maximum atomic E-state index is 5.64. The Morgan fingerprint density at radius 3 is 2.58 bits per heavy atom. The molecule has 0 spiro atoms. The number of nitrogens with zero attached hydrogens (tertiary/aromatic N) is 2. The predicted molar refractivity (Wildman–Crippen MR) is 80.8 cm³/mol. The van der Waals surface area contributed by atoms with Crippen LogP contribution in [0.5, 0.6) is 0 Å². The minimum atomic E-state index is 0.491. The van der Waals surface area contributed by atoms with Gasteiger partial charge in [0, 0.05) is 30.6 Å². The summed E-state index contributed by atoms with van der Waals surface area (Å²) in [6.45, 7) is 6.79. The third kappa shape index (κ3) is 4.13. The van der Waals surface area contributed by atoms with Crippen LogP contribution < -0.4 is 5.73 Å². The highest BCUT2D eigenvalue weighted by molar-refractivity contribution is 7.09. The van der Waals surface area contributed by atoms with Gasteiger partial charge in [0.15, 0.2) is 0 Å². The Labute approximate surface area is 119 Å². The fourth-order valence-corrected chi connectivity index (χ4v) is 2.69. The highest BCUT2D eigenvalue weighted by Gasteiger charge is 2.12. The molecule has 2 heterocycles. The van der Waals surface area contributed by atoms with E-state index in [-0.39, 0.29) is 0 Å². The zero-order valence-electron chi connectivity index (χ0n) is 11.5. The van der Waals surface area contributed by atoms with Crippen molar-refractivity contribution in [3.05, 3.63) is 52.0 Å². The van der Waals surface area contributed by atoms with Crippen LogP contribution in [0.2, 0.25) is 0 Å². The zero-order chi connectivity index (χ0) is 13.7. The first kappa shape index (κ1) is 14.2. The minimum absolute atomic E-state index is 0.491. The molecule has 19 heavy (non-hydrogen) atoms. The fraction of sp³-hybridized carbons (Fsp3) is 0.400. The Morgan fingerprint density at radius 2 is 1.95 bits per heavy atom. The second-order valence-electron chi connectivity index (χ2n) is 4.90. The predicted octanol–water partition coefficient (Wildman–Crippen LogP) is 3.01. The van der Waals surface area contributed by atoms with Gasteiger partial charge >= 0.3 is 0 Å². The fourth-order valence-electron chi connectivity index (χ4n) is 1.96. The van der Waals surface area contributed by atoms with Crippen molar-refractivity contribution >= 4 is 11.3 Å². The Hall–Kier alpha value is -1.23. The Bertz CT molecular complexity index is 494. The van der Waals surface area contributed by atoms with Crippen molar-refractivity contribution in [2.24, 2.45) is 5.73 Å². The van der Waals surface area contributed by atoms with Gasteiger partial charge in [-0.05, 0) is 37.4 Å². The van der Waals surface area contributed by atoms with Crippen molar-refractivity contribution in [1.29, 1.82) is 0 Å². The first-order valence-electron chi connectivity index (χ1n) is 6.60. The summed E-state index contributed by atoms with van der Waals surface area (Å²) in [6.07, 6.45) is 0. The second-order valence-corrected chi connectivity index (χ2v) is 5.93. The van der Waals surface area contributed by atoms with Crippen molar-refractivity contribution in [1.82, 2.24) is 9.88 Å². The molecule has 0 atom stereocenters. The van der Waals surface area contributed by atoms with E-state index < -0.39 is 0 Å². The van der Waals surface area contributed by atoms with Gasteiger partial charge < -0.3 is 5.73 Å². The number of hydrogen-bond donors (Lipinski definition) is 1. The number of nitrogens with two attached hydrogens (primary N) is 1. The maximum Gasteiger partial charge on any atom is 0.0548 e. The minimum Gasteiger partial charge on any atom is -0.325 e. The molecule has 4 heteroatoms. The lowest BCUT2D eigenvalue weighted by Crippen LogP contribution is -2.30. The third-order valence-corrected chi connectivity index (χ3v) is 3.97. The van der Waals surface area contributed by atoms with Crippen LogP contribution in [-0.2, 0) is 19.6 Å². The van der Waals surface area contributed by atoms with E-state index in [1.807, 2.05) is 12.1 Å². The Balaban J connectivity index is 2.07. The van der Waals surface area contributed by atoms with Crippen LogP contribution in [0.25, 0.3) is 0 Å². The van der Waals surface area contributed by atoms with Crippen LogP contribution in [-0.4, -0.2) is 15.9 Å². The summed E-state index contributed by atoms with van der Waals surface area (Å²) in [5.74, 6) is 0. The number of rotatable bonds is 6. The van der Waals surface area contributed by atoms with E-state index >= 15 is 0 Å². The molecule has 0 bridgehead atoms. The summed E-state index contributed by atoms with van der Waals surface area (Å²) >= 11 is 1.80. The smallest absolute Gasteiger partial charge is 0.0548 e. The number of thiophene rings is 1. The zero-order valence-corrected chi connectivity index (χ0v) is 12.4. The van der Waals surface area contributed by atoms with Crippen molar-refractivity contribution in [2.45, 2.75) is 39.5 Å². The first-order valence-corrected chi connectivity index (χ1v) is 7.48. The molecular weight excluding hydrogens is 254 g/mol. The van der Waals surface area contributed by atoms with E-state index in [0.29, 0.717) is 12.6 Å². The van der Waals surface area contributed by atoms with E-state index in [2.05, 4.69) is 47.3 Å². The molecular formula is C15H21N3S. The summed E-state index contributed by atoms with van der Waals surface area (Å²) < 4.78 is 0. The molecule has 2 aromatic rings. The molecule has 2 N–H and O–H groups in total. The SMILES string of the molecule is CC(C)N(Cc1cccc(CN)n1)Cc1cccs1. The molecule has 0 saturated heterocycles. The van der Waals surface area contributed by atoms with Crippen LogP contribution in [0.15, 0.2) is 35.7 Å². The third-order valence-electron chi connectivity index (χ3n) is 3.11. The summed E-state index contributed by atoms with van der Waals surface area (Å²) in [7, 11) is 0. The highest BCUT2D eigenvalue weighted by Crippen LogP contribution is 2.16. The van der Waals surface area contributed by atoms with Gasteiger partial charge in [-0.25, -0.2) is 0 Å². The molecule has 0 saturated carbocycles. The Kier molecular flexibility index (Phi) is 5.07. The normalized spacial score (nSPS) is 11.4. The quantitative estimate of drug-likeness (QED) is 0.881. The largest absolute Gasteiger partial charge is 0.325 e. The van der Waals surface area contributed by atoms with Crippen LogP contribution >= 0.6 is 11.3 Å². The van der Waals surface area contributed by atoms with Crippen molar-refractivity contribution in [2.75, 3.05) is 0 Å². The van der Waals surface area contributed by atoms with Crippen molar-refractivity contribution < 1.29 is 0 Å². The lowest BCUT2D eigenvalue weighted by atomic mass is 10.2. The van der Waals surface area contributed by atoms with E-state index in [4.69, 9.17) is 5.73 Å². The lowest BCUT2D eigenvalue weighted by Gasteiger charge is -2.25. The van der Waals surface area contributed by atoms with Crippen LogP contribution in [0.3, 0.4) is 0 Å². The van der Waals surface area contributed by atoms with Gasteiger partial charge in [-0.2, -0.15) is 0 Å². The molecule has 0 fully saturated rings. The van der Waals surface area contributed by atoms with Crippen molar-refractivity contribution in [3.63, 3.8) is 0 Å². The van der Waals surface area contributed by atoms with E-state index in [1.54, 1.807) is 11.3 Å². The molecule has 102 valence electrons. The van der Waals surface area contributed by atoms with Gasteiger partial charge in [-0.1, -0.05) is 12.1 Å². The average Bonchev–Trinajstić information content (AvgIpc) is 2.91. The molecule has 0 unspecified atom stereocenters. The lowest BCUT2D eigenvalue weighted by molar-refractivity contribution is 0.203. The van der Waals surface area contributed by atoms with E-state index in [9.17, 15) is 0 Å². The second kappa shape index (κ2) is 6.80. The summed E-state index contributed by atoms with van der Waals surface area (Å²) in [5, 5.41) is 2.13.